The summed E-state index contributed by atoms with van der Waals surface area (Å²) >= 11 is 3.25. The third-order valence-corrected chi connectivity index (χ3v) is 4.25. The van der Waals surface area contributed by atoms with Crippen LogP contribution < -0.4 is 5.32 Å². The second-order valence-corrected chi connectivity index (χ2v) is 5.51. The third kappa shape index (κ3) is 1.51. The number of nitrogens with zero attached hydrogens (tertiary/aromatic N) is 1. The molecular weight excluding hydrogens is 271 g/mol. The van der Waals surface area contributed by atoms with Gasteiger partial charge in [0.2, 0.25) is 0 Å². The molecule has 1 N–H and O–H groups in total. The highest BCUT2D eigenvalue weighted by Gasteiger charge is 2.36. The van der Waals surface area contributed by atoms with Gasteiger partial charge in [-0.1, -0.05) is 0 Å². The Morgan fingerprint density at radius 1 is 1.44 bits per heavy atom. The summed E-state index contributed by atoms with van der Waals surface area (Å²) in [6.45, 7) is 5.12. The van der Waals surface area contributed by atoms with Gasteiger partial charge in [-0.2, -0.15) is 0 Å². The van der Waals surface area contributed by atoms with Crippen molar-refractivity contribution in [2.45, 2.75) is 25.6 Å². The lowest BCUT2D eigenvalue weighted by molar-refractivity contribution is 0.118. The van der Waals surface area contributed by atoms with Gasteiger partial charge in [0.15, 0.2) is 0 Å². The van der Waals surface area contributed by atoms with E-state index in [0.29, 0.717) is 16.6 Å². The first-order valence-electron chi connectivity index (χ1n) is 5.61. The second-order valence-electron chi connectivity index (χ2n) is 4.66. The van der Waals surface area contributed by atoms with Gasteiger partial charge >= 0.3 is 0 Å². The first-order valence-corrected chi connectivity index (χ1v) is 6.40. The molecule has 1 fully saturated rings. The number of hydrogen-bond donors (Lipinski definition) is 1. The summed E-state index contributed by atoms with van der Waals surface area (Å²) in [6, 6.07) is 4.48. The topological polar surface area (TPSA) is 15.3 Å². The molecule has 16 heavy (non-hydrogen) atoms. The van der Waals surface area contributed by atoms with Gasteiger partial charge < -0.3 is 5.32 Å². The van der Waals surface area contributed by atoms with Crippen LogP contribution in [0, 0.1) is 5.82 Å². The summed E-state index contributed by atoms with van der Waals surface area (Å²) in [6.07, 6.45) is 0. The van der Waals surface area contributed by atoms with Crippen LogP contribution in [0.5, 0.6) is 0 Å². The van der Waals surface area contributed by atoms with Crippen molar-refractivity contribution < 1.29 is 4.39 Å². The molecule has 0 aliphatic carbocycles. The molecule has 3 rings (SSSR count). The second kappa shape index (κ2) is 3.79. The van der Waals surface area contributed by atoms with Crippen LogP contribution in [-0.2, 0) is 6.54 Å². The molecule has 0 spiro atoms. The van der Waals surface area contributed by atoms with Gasteiger partial charge in [0.05, 0.1) is 4.47 Å². The molecule has 4 heteroatoms. The van der Waals surface area contributed by atoms with Crippen molar-refractivity contribution in [3.63, 3.8) is 0 Å². The minimum atomic E-state index is -0.154. The van der Waals surface area contributed by atoms with Crippen molar-refractivity contribution in [3.05, 3.63) is 33.5 Å². The molecule has 2 aliphatic heterocycles. The standard InChI is InChI=1S/C12H14BrFN2/c1-7-4-15-5-12-9-3-11(14)10(13)2-8(9)6-16(7)12/h2-3,7,12,15H,4-6H2,1H3/t7-,12-/m1/s1. The molecule has 2 nitrogen and oxygen atoms in total. The highest BCUT2D eigenvalue weighted by molar-refractivity contribution is 9.10. The summed E-state index contributed by atoms with van der Waals surface area (Å²) in [7, 11) is 0. The fourth-order valence-electron chi connectivity index (χ4n) is 2.77. The van der Waals surface area contributed by atoms with Crippen LogP contribution in [0.1, 0.15) is 24.1 Å². The Bertz CT molecular complexity index is 435. The zero-order valence-electron chi connectivity index (χ0n) is 9.13. The SMILES string of the molecule is C[C@@H]1CNC[C@@H]2c3cc(F)c(Br)cc3CN12. The van der Waals surface area contributed by atoms with Crippen molar-refractivity contribution in [2.24, 2.45) is 0 Å². The molecule has 0 amide bonds. The molecule has 0 radical (unpaired) electrons. The lowest BCUT2D eigenvalue weighted by atomic mass is 10.0. The van der Waals surface area contributed by atoms with Crippen molar-refractivity contribution >= 4 is 15.9 Å². The van der Waals surface area contributed by atoms with E-state index in [1.807, 2.05) is 6.07 Å². The van der Waals surface area contributed by atoms with E-state index in [0.717, 1.165) is 25.2 Å². The molecule has 0 aromatic heterocycles. The minimum absolute atomic E-state index is 0.154. The van der Waals surface area contributed by atoms with Crippen LogP contribution in [0.2, 0.25) is 0 Å². The highest BCUT2D eigenvalue weighted by atomic mass is 79.9. The maximum atomic E-state index is 13.5. The van der Waals surface area contributed by atoms with E-state index in [-0.39, 0.29) is 5.82 Å². The summed E-state index contributed by atoms with van der Waals surface area (Å²) in [5, 5.41) is 3.41. The Hall–Kier alpha value is -0.450. The molecule has 2 atom stereocenters. The molecule has 2 heterocycles. The Morgan fingerprint density at radius 3 is 3.06 bits per heavy atom. The molecule has 1 saturated heterocycles. The Labute approximate surface area is 103 Å². The number of nitrogens with one attached hydrogen (secondary N) is 1. The van der Waals surface area contributed by atoms with Crippen LogP contribution in [0.4, 0.5) is 4.39 Å². The number of piperazine rings is 1. The summed E-state index contributed by atoms with van der Waals surface area (Å²) in [5.41, 5.74) is 2.41. The smallest absolute Gasteiger partial charge is 0.137 e. The highest BCUT2D eigenvalue weighted by Crippen LogP contribution is 2.38. The van der Waals surface area contributed by atoms with Gasteiger partial charge in [0, 0.05) is 31.7 Å². The van der Waals surface area contributed by atoms with E-state index in [9.17, 15) is 4.39 Å². The largest absolute Gasteiger partial charge is 0.313 e. The van der Waals surface area contributed by atoms with Crippen LogP contribution in [0.3, 0.4) is 0 Å². The van der Waals surface area contributed by atoms with Crippen LogP contribution in [0.25, 0.3) is 0 Å². The molecule has 86 valence electrons. The molecule has 0 unspecified atom stereocenters. The zero-order valence-corrected chi connectivity index (χ0v) is 10.7. The van der Waals surface area contributed by atoms with Crippen LogP contribution in [0.15, 0.2) is 16.6 Å². The van der Waals surface area contributed by atoms with Gasteiger partial charge in [0.1, 0.15) is 5.82 Å². The molecule has 0 saturated carbocycles. The average molecular weight is 285 g/mol. The quantitative estimate of drug-likeness (QED) is 0.787. The number of halogens is 2. The van der Waals surface area contributed by atoms with Crippen molar-refractivity contribution in [1.82, 2.24) is 10.2 Å². The van der Waals surface area contributed by atoms with Crippen LogP contribution in [-0.4, -0.2) is 24.0 Å². The molecule has 0 bridgehead atoms. The maximum Gasteiger partial charge on any atom is 0.137 e. The van der Waals surface area contributed by atoms with E-state index >= 15 is 0 Å². The molecular formula is C12H14BrFN2. The normalized spacial score (nSPS) is 28.9. The third-order valence-electron chi connectivity index (χ3n) is 3.64. The average Bonchev–Trinajstić information content (AvgIpc) is 2.59. The van der Waals surface area contributed by atoms with E-state index in [2.05, 4.69) is 33.1 Å². The van der Waals surface area contributed by atoms with E-state index in [1.54, 1.807) is 6.07 Å². The predicted molar refractivity (Wildman–Crippen MR) is 64.7 cm³/mol. The lowest BCUT2D eigenvalue weighted by Gasteiger charge is -2.36. The Balaban J connectivity index is 2.04. The van der Waals surface area contributed by atoms with Gasteiger partial charge in [-0.05, 0) is 46.1 Å². The van der Waals surface area contributed by atoms with Gasteiger partial charge in [-0.15, -0.1) is 0 Å². The summed E-state index contributed by atoms with van der Waals surface area (Å²) in [4.78, 5) is 2.45. The first-order chi connectivity index (χ1) is 7.66. The number of benzene rings is 1. The van der Waals surface area contributed by atoms with Crippen LogP contribution >= 0.6 is 15.9 Å². The monoisotopic (exact) mass is 284 g/mol. The lowest BCUT2D eigenvalue weighted by Crippen LogP contribution is -2.48. The Morgan fingerprint density at radius 2 is 2.25 bits per heavy atom. The molecule has 1 aromatic carbocycles. The van der Waals surface area contributed by atoms with Gasteiger partial charge in [-0.25, -0.2) is 4.39 Å². The van der Waals surface area contributed by atoms with E-state index in [1.165, 1.54) is 5.56 Å². The fraction of sp³-hybridized carbons (Fsp3) is 0.500. The minimum Gasteiger partial charge on any atom is -0.313 e. The van der Waals surface area contributed by atoms with Gasteiger partial charge in [0.25, 0.3) is 0 Å². The van der Waals surface area contributed by atoms with E-state index < -0.39 is 0 Å². The number of hydrogen-bond acceptors (Lipinski definition) is 2. The maximum absolute atomic E-state index is 13.5. The summed E-state index contributed by atoms with van der Waals surface area (Å²) in [5.74, 6) is -0.154. The molecule has 2 aliphatic rings. The van der Waals surface area contributed by atoms with Gasteiger partial charge in [-0.3, -0.25) is 4.90 Å². The number of rotatable bonds is 0. The molecule has 1 aromatic rings. The number of fused-ring (bicyclic) bond motifs is 3. The van der Waals surface area contributed by atoms with Crippen molar-refractivity contribution in [2.75, 3.05) is 13.1 Å². The fourth-order valence-corrected chi connectivity index (χ4v) is 3.16. The summed E-state index contributed by atoms with van der Waals surface area (Å²) < 4.78 is 14.1. The Kier molecular flexibility index (Phi) is 2.53. The predicted octanol–water partition coefficient (Wildman–Crippen LogP) is 2.44. The van der Waals surface area contributed by atoms with Crippen molar-refractivity contribution in [1.29, 1.82) is 0 Å². The van der Waals surface area contributed by atoms with Crippen molar-refractivity contribution in [3.8, 4) is 0 Å². The van der Waals surface area contributed by atoms with E-state index in [4.69, 9.17) is 0 Å². The zero-order chi connectivity index (χ0) is 11.3. The first kappa shape index (κ1) is 10.7.